The van der Waals surface area contributed by atoms with E-state index in [4.69, 9.17) is 0 Å². The standard InChI is InChI=1S/C15H15F3N4O2/c1-21-8-19-22(14(21)24)7-13(23)20-12-6-10(12)9-4-2-3-5-11(9)15(16,17)18/h2-5,8,10,12H,6-7H2,1H3,(H,20,23)/t10-,12-/m0/s1. The SMILES string of the molecule is Cn1cnn(CC(=O)N[C@H]2C[C@H]2c2ccccc2C(F)(F)F)c1=O. The van der Waals surface area contributed by atoms with E-state index in [0.717, 1.165) is 10.7 Å². The highest BCUT2D eigenvalue weighted by Crippen LogP contribution is 2.46. The van der Waals surface area contributed by atoms with Crippen LogP contribution in [-0.4, -0.2) is 26.3 Å². The summed E-state index contributed by atoms with van der Waals surface area (Å²) in [6.45, 7) is -0.260. The van der Waals surface area contributed by atoms with Crippen LogP contribution in [0, 0.1) is 0 Å². The number of benzene rings is 1. The molecule has 1 N–H and O–H groups in total. The number of carbonyl (C=O) groups excluding carboxylic acids is 1. The Hall–Kier alpha value is -2.58. The van der Waals surface area contributed by atoms with Crippen LogP contribution in [0.2, 0.25) is 0 Å². The van der Waals surface area contributed by atoms with Crippen molar-refractivity contribution in [1.29, 1.82) is 0 Å². The molecule has 1 heterocycles. The lowest BCUT2D eigenvalue weighted by Gasteiger charge is -2.12. The number of alkyl halides is 3. The van der Waals surface area contributed by atoms with Gasteiger partial charge >= 0.3 is 11.9 Å². The summed E-state index contributed by atoms with van der Waals surface area (Å²) in [5.74, 6) is -0.819. The van der Waals surface area contributed by atoms with Gasteiger partial charge in [0, 0.05) is 19.0 Å². The molecule has 2 atom stereocenters. The molecule has 6 nitrogen and oxygen atoms in total. The molecule has 1 fully saturated rings. The maximum atomic E-state index is 13.0. The Balaban J connectivity index is 1.65. The molecule has 1 saturated carbocycles. The smallest absolute Gasteiger partial charge is 0.351 e. The molecule has 128 valence electrons. The first kappa shape index (κ1) is 16.3. The summed E-state index contributed by atoms with van der Waals surface area (Å²) in [5, 5.41) is 6.41. The van der Waals surface area contributed by atoms with E-state index < -0.39 is 23.3 Å². The second kappa shape index (κ2) is 5.81. The number of nitrogens with one attached hydrogen (secondary N) is 1. The number of hydrogen-bond donors (Lipinski definition) is 1. The number of hydrogen-bond acceptors (Lipinski definition) is 3. The van der Waals surface area contributed by atoms with Crippen molar-refractivity contribution < 1.29 is 18.0 Å². The number of rotatable bonds is 4. The van der Waals surface area contributed by atoms with E-state index in [-0.39, 0.29) is 24.1 Å². The molecule has 1 aromatic heterocycles. The van der Waals surface area contributed by atoms with Gasteiger partial charge < -0.3 is 5.32 Å². The third-order valence-corrected chi connectivity index (χ3v) is 3.98. The van der Waals surface area contributed by atoms with E-state index in [1.54, 1.807) is 6.07 Å². The van der Waals surface area contributed by atoms with Crippen LogP contribution in [-0.2, 0) is 24.6 Å². The summed E-state index contributed by atoms with van der Waals surface area (Å²) < 4.78 is 41.3. The summed E-state index contributed by atoms with van der Waals surface area (Å²) in [5.41, 5.74) is -0.919. The van der Waals surface area contributed by atoms with Crippen LogP contribution in [0.4, 0.5) is 13.2 Å². The lowest BCUT2D eigenvalue weighted by atomic mass is 10.0. The van der Waals surface area contributed by atoms with Gasteiger partial charge in [-0.15, -0.1) is 0 Å². The zero-order valence-electron chi connectivity index (χ0n) is 12.7. The highest BCUT2D eigenvalue weighted by atomic mass is 19.4. The quantitative estimate of drug-likeness (QED) is 0.911. The summed E-state index contributed by atoms with van der Waals surface area (Å²) in [7, 11) is 1.51. The van der Waals surface area contributed by atoms with Crippen molar-refractivity contribution in [2.75, 3.05) is 0 Å². The van der Waals surface area contributed by atoms with Crippen molar-refractivity contribution in [2.24, 2.45) is 7.05 Å². The Morgan fingerprint density at radius 2 is 2.08 bits per heavy atom. The Morgan fingerprint density at radius 1 is 1.38 bits per heavy atom. The molecule has 0 unspecified atom stereocenters. The number of carbonyl (C=O) groups is 1. The van der Waals surface area contributed by atoms with Crippen molar-refractivity contribution in [3.05, 3.63) is 52.2 Å². The van der Waals surface area contributed by atoms with Gasteiger partial charge in [-0.3, -0.25) is 9.36 Å². The Kier molecular flexibility index (Phi) is 3.94. The van der Waals surface area contributed by atoms with Gasteiger partial charge in [0.15, 0.2) is 0 Å². The molecule has 3 rings (SSSR count). The fourth-order valence-corrected chi connectivity index (χ4v) is 2.69. The minimum Gasteiger partial charge on any atom is -0.351 e. The lowest BCUT2D eigenvalue weighted by Crippen LogP contribution is -2.34. The molecule has 9 heteroatoms. The second-order valence-electron chi connectivity index (χ2n) is 5.78. The van der Waals surface area contributed by atoms with Crippen molar-refractivity contribution in [3.63, 3.8) is 0 Å². The second-order valence-corrected chi connectivity index (χ2v) is 5.78. The van der Waals surface area contributed by atoms with Gasteiger partial charge in [-0.25, -0.2) is 9.48 Å². The maximum absolute atomic E-state index is 13.0. The monoisotopic (exact) mass is 340 g/mol. The van der Waals surface area contributed by atoms with Crippen molar-refractivity contribution in [2.45, 2.75) is 31.1 Å². The van der Waals surface area contributed by atoms with E-state index in [1.807, 2.05) is 0 Å². The van der Waals surface area contributed by atoms with E-state index in [0.29, 0.717) is 6.42 Å². The third kappa shape index (κ3) is 3.19. The molecule has 1 aromatic carbocycles. The molecule has 1 amide bonds. The maximum Gasteiger partial charge on any atom is 0.416 e. The molecule has 0 saturated heterocycles. The van der Waals surface area contributed by atoms with E-state index >= 15 is 0 Å². The molecule has 2 aromatic rings. The van der Waals surface area contributed by atoms with Crippen LogP contribution in [0.1, 0.15) is 23.5 Å². The minimum atomic E-state index is -4.42. The molecule has 24 heavy (non-hydrogen) atoms. The van der Waals surface area contributed by atoms with E-state index in [2.05, 4.69) is 10.4 Å². The molecule has 0 spiro atoms. The molecule has 1 aliphatic rings. The highest BCUT2D eigenvalue weighted by molar-refractivity contribution is 5.76. The zero-order valence-corrected chi connectivity index (χ0v) is 12.7. The van der Waals surface area contributed by atoms with Crippen LogP contribution in [0.25, 0.3) is 0 Å². The van der Waals surface area contributed by atoms with Crippen LogP contribution in [0.3, 0.4) is 0 Å². The van der Waals surface area contributed by atoms with Crippen molar-refractivity contribution >= 4 is 5.91 Å². The van der Waals surface area contributed by atoms with Crippen LogP contribution < -0.4 is 11.0 Å². The van der Waals surface area contributed by atoms with Gasteiger partial charge in [0.1, 0.15) is 12.9 Å². The predicted molar refractivity (Wildman–Crippen MR) is 78.2 cm³/mol. The molecule has 0 aliphatic heterocycles. The van der Waals surface area contributed by atoms with E-state index in [1.165, 1.54) is 30.1 Å². The van der Waals surface area contributed by atoms with Gasteiger partial charge in [-0.1, -0.05) is 18.2 Å². The lowest BCUT2D eigenvalue weighted by molar-refractivity contribution is -0.138. The third-order valence-electron chi connectivity index (χ3n) is 3.98. The normalized spacial score (nSPS) is 20.0. The predicted octanol–water partition coefficient (Wildman–Crippen LogP) is 1.27. The Morgan fingerprint density at radius 3 is 2.71 bits per heavy atom. The van der Waals surface area contributed by atoms with Gasteiger partial charge in [0.2, 0.25) is 5.91 Å². The molecule has 0 bridgehead atoms. The van der Waals surface area contributed by atoms with Crippen molar-refractivity contribution in [3.8, 4) is 0 Å². The first-order valence-corrected chi connectivity index (χ1v) is 7.31. The van der Waals surface area contributed by atoms with Crippen LogP contribution in [0.15, 0.2) is 35.4 Å². The van der Waals surface area contributed by atoms with Gasteiger partial charge in [0.25, 0.3) is 0 Å². The topological polar surface area (TPSA) is 68.9 Å². The number of nitrogens with zero attached hydrogens (tertiary/aromatic N) is 3. The molecular formula is C15H15F3N4O2. The average Bonchev–Trinajstić information content (AvgIpc) is 3.21. The van der Waals surface area contributed by atoms with Crippen molar-refractivity contribution in [1.82, 2.24) is 19.7 Å². The van der Waals surface area contributed by atoms with Gasteiger partial charge in [-0.2, -0.15) is 18.3 Å². The number of amides is 1. The average molecular weight is 340 g/mol. The van der Waals surface area contributed by atoms with Crippen LogP contribution >= 0.6 is 0 Å². The zero-order chi connectivity index (χ0) is 17.5. The van der Waals surface area contributed by atoms with Gasteiger partial charge in [-0.05, 0) is 18.1 Å². The van der Waals surface area contributed by atoms with E-state index in [9.17, 15) is 22.8 Å². The number of aryl methyl sites for hydroxylation is 1. The summed E-state index contributed by atoms with van der Waals surface area (Å²) in [6.07, 6.45) is -2.69. The number of halogens is 3. The fraction of sp³-hybridized carbons (Fsp3) is 0.400. The number of aromatic nitrogens is 3. The summed E-state index contributed by atoms with van der Waals surface area (Å²) >= 11 is 0. The molecule has 1 aliphatic carbocycles. The largest absolute Gasteiger partial charge is 0.416 e. The van der Waals surface area contributed by atoms with Crippen LogP contribution in [0.5, 0.6) is 0 Å². The highest BCUT2D eigenvalue weighted by Gasteiger charge is 2.44. The Labute approximate surface area is 134 Å². The first-order valence-electron chi connectivity index (χ1n) is 7.31. The summed E-state index contributed by atoms with van der Waals surface area (Å²) in [4.78, 5) is 23.5. The Bertz CT molecular complexity index is 825. The minimum absolute atomic E-state index is 0.185. The molecular weight excluding hydrogens is 325 g/mol. The van der Waals surface area contributed by atoms with Gasteiger partial charge in [0.05, 0.1) is 5.56 Å². The summed E-state index contributed by atoms with van der Waals surface area (Å²) in [6, 6.07) is 5.01. The molecule has 0 radical (unpaired) electrons. The fourth-order valence-electron chi connectivity index (χ4n) is 2.69. The first-order chi connectivity index (χ1) is 11.3.